The van der Waals surface area contributed by atoms with Crippen molar-refractivity contribution in [2.24, 2.45) is 5.92 Å². The zero-order chi connectivity index (χ0) is 12.8. The molecule has 0 aliphatic carbocycles. The summed E-state index contributed by atoms with van der Waals surface area (Å²) in [7, 11) is 0. The normalized spacial score (nSPS) is 20.1. The molecule has 1 fully saturated rings. The first-order valence-corrected chi connectivity index (χ1v) is 7.01. The van der Waals surface area contributed by atoms with Crippen LogP contribution in [0.15, 0.2) is 10.9 Å². The van der Waals surface area contributed by atoms with Crippen molar-refractivity contribution in [1.29, 1.82) is 0 Å². The van der Waals surface area contributed by atoms with Crippen molar-refractivity contribution >= 4 is 0 Å². The van der Waals surface area contributed by atoms with E-state index in [-0.39, 0.29) is 0 Å². The van der Waals surface area contributed by atoms with Gasteiger partial charge in [-0.25, -0.2) is 0 Å². The van der Waals surface area contributed by atoms with Crippen molar-refractivity contribution in [3.05, 3.63) is 12.2 Å². The highest BCUT2D eigenvalue weighted by molar-refractivity contribution is 4.81. The molecule has 5 nitrogen and oxygen atoms in total. The largest absolute Gasteiger partial charge is 0.340 e. The summed E-state index contributed by atoms with van der Waals surface area (Å²) in [4.78, 5) is 6.55. The molecule has 5 heteroatoms. The quantitative estimate of drug-likeness (QED) is 0.827. The van der Waals surface area contributed by atoms with Gasteiger partial charge in [0.15, 0.2) is 6.33 Å². The fraction of sp³-hybridized carbons (Fsp3) is 0.846. The van der Waals surface area contributed by atoms with E-state index in [9.17, 15) is 0 Å². The molecule has 1 aromatic heterocycles. The van der Waals surface area contributed by atoms with Gasteiger partial charge in [-0.05, 0) is 45.3 Å². The molecule has 0 amide bonds. The summed E-state index contributed by atoms with van der Waals surface area (Å²) in [5.74, 6) is 1.52. The lowest BCUT2D eigenvalue weighted by Crippen LogP contribution is -2.42. The molecule has 0 spiro atoms. The van der Waals surface area contributed by atoms with Crippen LogP contribution in [0, 0.1) is 5.92 Å². The first-order valence-electron chi connectivity index (χ1n) is 7.01. The minimum absolute atomic E-state index is 0.576. The van der Waals surface area contributed by atoms with Crippen molar-refractivity contribution in [2.75, 3.05) is 26.2 Å². The van der Waals surface area contributed by atoms with Gasteiger partial charge < -0.3 is 14.7 Å². The maximum Gasteiger partial charge on any atom is 0.227 e. The Kier molecular flexibility index (Phi) is 5.13. The zero-order valence-corrected chi connectivity index (χ0v) is 11.4. The van der Waals surface area contributed by atoms with Crippen molar-refractivity contribution in [2.45, 2.75) is 39.2 Å². The second kappa shape index (κ2) is 6.85. The van der Waals surface area contributed by atoms with E-state index in [0.29, 0.717) is 6.04 Å². The maximum absolute atomic E-state index is 4.98. The number of nitrogens with one attached hydrogen (secondary N) is 1. The van der Waals surface area contributed by atoms with E-state index in [1.165, 1.54) is 38.8 Å². The number of piperidine rings is 1. The van der Waals surface area contributed by atoms with Crippen molar-refractivity contribution in [1.82, 2.24) is 20.4 Å². The van der Waals surface area contributed by atoms with Crippen LogP contribution in [0.2, 0.25) is 0 Å². The summed E-state index contributed by atoms with van der Waals surface area (Å²) >= 11 is 0. The van der Waals surface area contributed by atoms with E-state index in [1.54, 1.807) is 0 Å². The Morgan fingerprint density at radius 2 is 2.28 bits per heavy atom. The molecule has 18 heavy (non-hydrogen) atoms. The highest BCUT2D eigenvalue weighted by Gasteiger charge is 2.22. The standard InChI is InChI=1S/C13H24N4O/c1-3-17-8-5-12(6-9-17)11(2)14-7-4-13-15-10-16-18-13/h10-12,14H,3-9H2,1-2H3. The molecule has 1 aliphatic heterocycles. The second-order valence-electron chi connectivity index (χ2n) is 5.10. The summed E-state index contributed by atoms with van der Waals surface area (Å²) in [6.45, 7) is 9.13. The molecule has 0 saturated carbocycles. The SMILES string of the molecule is CCN1CCC(C(C)NCCc2ncno2)CC1. The highest BCUT2D eigenvalue weighted by atomic mass is 16.5. The van der Waals surface area contributed by atoms with Crippen LogP contribution >= 0.6 is 0 Å². The molecule has 102 valence electrons. The molecule has 0 radical (unpaired) electrons. The van der Waals surface area contributed by atoms with Gasteiger partial charge in [0.05, 0.1) is 0 Å². The van der Waals surface area contributed by atoms with E-state index in [1.807, 2.05) is 0 Å². The van der Waals surface area contributed by atoms with Gasteiger partial charge in [-0.15, -0.1) is 0 Å². The number of likely N-dealkylation sites (tertiary alicyclic amines) is 1. The number of rotatable bonds is 6. The summed E-state index contributed by atoms with van der Waals surface area (Å²) in [6, 6.07) is 0.576. The van der Waals surface area contributed by atoms with Crippen LogP contribution in [-0.4, -0.2) is 47.3 Å². The predicted octanol–water partition coefficient (Wildman–Crippen LogP) is 1.32. The molecule has 0 bridgehead atoms. The number of hydrogen-bond acceptors (Lipinski definition) is 5. The van der Waals surface area contributed by atoms with E-state index < -0.39 is 0 Å². The predicted molar refractivity (Wildman–Crippen MR) is 70.3 cm³/mol. The molecule has 1 N–H and O–H groups in total. The van der Waals surface area contributed by atoms with E-state index in [0.717, 1.165) is 24.8 Å². The fourth-order valence-corrected chi connectivity index (χ4v) is 2.65. The summed E-state index contributed by atoms with van der Waals surface area (Å²) < 4.78 is 4.98. The lowest BCUT2D eigenvalue weighted by atomic mass is 9.90. The van der Waals surface area contributed by atoms with Gasteiger partial charge in [0.2, 0.25) is 5.89 Å². The molecule has 2 heterocycles. The molecular formula is C13H24N4O. The average molecular weight is 252 g/mol. The average Bonchev–Trinajstić information content (AvgIpc) is 2.92. The van der Waals surface area contributed by atoms with Crippen molar-refractivity contribution in [3.8, 4) is 0 Å². The van der Waals surface area contributed by atoms with Crippen molar-refractivity contribution in [3.63, 3.8) is 0 Å². The Labute approximate surface area is 109 Å². The molecule has 1 aromatic rings. The molecule has 1 atom stereocenters. The number of nitrogens with zero attached hydrogens (tertiary/aromatic N) is 3. The lowest BCUT2D eigenvalue weighted by Gasteiger charge is -2.34. The zero-order valence-electron chi connectivity index (χ0n) is 11.4. The Balaban J connectivity index is 1.64. The smallest absolute Gasteiger partial charge is 0.227 e. The Bertz CT molecular complexity index is 320. The van der Waals surface area contributed by atoms with Gasteiger partial charge in [0.1, 0.15) is 0 Å². The third-order valence-electron chi connectivity index (χ3n) is 4.00. The molecule has 1 aliphatic rings. The minimum Gasteiger partial charge on any atom is -0.340 e. The van der Waals surface area contributed by atoms with Crippen molar-refractivity contribution < 1.29 is 4.52 Å². The monoisotopic (exact) mass is 252 g/mol. The Hall–Kier alpha value is -0.940. The van der Waals surface area contributed by atoms with Crippen LogP contribution in [-0.2, 0) is 6.42 Å². The molecule has 1 saturated heterocycles. The molecular weight excluding hydrogens is 228 g/mol. The molecule has 1 unspecified atom stereocenters. The topological polar surface area (TPSA) is 54.2 Å². The first-order chi connectivity index (χ1) is 8.79. The first kappa shape index (κ1) is 13.5. The van der Waals surface area contributed by atoms with Crippen LogP contribution in [0.3, 0.4) is 0 Å². The highest BCUT2D eigenvalue weighted by Crippen LogP contribution is 2.20. The van der Waals surface area contributed by atoms with Gasteiger partial charge in [0.25, 0.3) is 0 Å². The van der Waals surface area contributed by atoms with E-state index in [2.05, 4.69) is 34.2 Å². The van der Waals surface area contributed by atoms with Gasteiger partial charge in [-0.1, -0.05) is 12.1 Å². The van der Waals surface area contributed by atoms with Crippen LogP contribution in [0.5, 0.6) is 0 Å². The van der Waals surface area contributed by atoms with E-state index >= 15 is 0 Å². The second-order valence-corrected chi connectivity index (χ2v) is 5.10. The molecule has 2 rings (SSSR count). The van der Waals surface area contributed by atoms with Crippen LogP contribution in [0.1, 0.15) is 32.6 Å². The van der Waals surface area contributed by atoms with E-state index in [4.69, 9.17) is 4.52 Å². The molecule has 0 aromatic carbocycles. The Morgan fingerprint density at radius 1 is 1.50 bits per heavy atom. The Morgan fingerprint density at radius 3 is 2.89 bits per heavy atom. The summed E-state index contributed by atoms with van der Waals surface area (Å²) in [5, 5.41) is 7.19. The maximum atomic E-state index is 4.98. The number of hydrogen-bond donors (Lipinski definition) is 1. The van der Waals surface area contributed by atoms with Gasteiger partial charge in [0, 0.05) is 19.0 Å². The lowest BCUT2D eigenvalue weighted by molar-refractivity contribution is 0.169. The van der Waals surface area contributed by atoms with Crippen LogP contribution in [0.4, 0.5) is 0 Å². The van der Waals surface area contributed by atoms with Crippen LogP contribution < -0.4 is 5.32 Å². The van der Waals surface area contributed by atoms with Gasteiger partial charge in [-0.3, -0.25) is 0 Å². The fourth-order valence-electron chi connectivity index (χ4n) is 2.65. The summed E-state index contributed by atoms with van der Waals surface area (Å²) in [5.41, 5.74) is 0. The van der Waals surface area contributed by atoms with Gasteiger partial charge >= 0.3 is 0 Å². The third-order valence-corrected chi connectivity index (χ3v) is 4.00. The third kappa shape index (κ3) is 3.78. The van der Waals surface area contributed by atoms with Gasteiger partial charge in [-0.2, -0.15) is 4.98 Å². The minimum atomic E-state index is 0.576. The summed E-state index contributed by atoms with van der Waals surface area (Å²) in [6.07, 6.45) is 4.89. The van der Waals surface area contributed by atoms with Crippen LogP contribution in [0.25, 0.3) is 0 Å². The number of aromatic nitrogens is 2.